The highest BCUT2D eigenvalue weighted by atomic mass is 35.5. The highest BCUT2D eigenvalue weighted by Crippen LogP contribution is 2.25. The van der Waals surface area contributed by atoms with Crippen molar-refractivity contribution in [3.8, 4) is 17.1 Å². The van der Waals surface area contributed by atoms with Crippen molar-refractivity contribution in [2.24, 2.45) is 0 Å². The van der Waals surface area contributed by atoms with Crippen molar-refractivity contribution >= 4 is 22.7 Å². The average Bonchev–Trinajstić information content (AvgIpc) is 3.33. The van der Waals surface area contributed by atoms with Gasteiger partial charge in [0.1, 0.15) is 5.03 Å². The molecule has 0 amide bonds. The van der Waals surface area contributed by atoms with Crippen molar-refractivity contribution in [3.63, 3.8) is 0 Å². The van der Waals surface area contributed by atoms with Crippen molar-refractivity contribution in [2.45, 2.75) is 6.92 Å². The van der Waals surface area contributed by atoms with E-state index in [1.807, 2.05) is 67.7 Å². The molecule has 4 rings (SSSR count). The third-order valence-corrected chi connectivity index (χ3v) is 4.20. The molecule has 5 nitrogen and oxygen atoms in total. The van der Waals surface area contributed by atoms with Gasteiger partial charge < -0.3 is 4.52 Å². The molecule has 0 bridgehead atoms. The van der Waals surface area contributed by atoms with Crippen molar-refractivity contribution < 1.29 is 4.52 Å². The first kappa shape index (κ1) is 16.3. The highest BCUT2D eigenvalue weighted by molar-refractivity contribution is 6.50. The summed E-state index contributed by atoms with van der Waals surface area (Å²) >= 11 is 6.36. The fourth-order valence-corrected chi connectivity index (χ4v) is 2.80. The van der Waals surface area contributed by atoms with E-state index in [-0.39, 0.29) is 5.89 Å². The summed E-state index contributed by atoms with van der Waals surface area (Å²) in [7, 11) is 0. The summed E-state index contributed by atoms with van der Waals surface area (Å²) in [6.07, 6.45) is 5.37. The lowest BCUT2D eigenvalue weighted by Gasteiger charge is -1.98. The Balaban J connectivity index is 1.60. The Morgan fingerprint density at radius 1 is 1.08 bits per heavy atom. The molecule has 0 aliphatic heterocycles. The molecule has 128 valence electrons. The molecule has 0 atom stereocenters. The first-order valence-corrected chi connectivity index (χ1v) is 8.46. The van der Waals surface area contributed by atoms with Crippen LogP contribution in [0.3, 0.4) is 0 Å². The van der Waals surface area contributed by atoms with Crippen LogP contribution in [0.15, 0.2) is 71.5 Å². The van der Waals surface area contributed by atoms with Gasteiger partial charge in [-0.05, 0) is 30.7 Å². The summed E-state index contributed by atoms with van der Waals surface area (Å²) in [5, 5.41) is 8.74. The summed E-state index contributed by atoms with van der Waals surface area (Å²) < 4.78 is 7.09. The molecule has 2 aromatic heterocycles. The van der Waals surface area contributed by atoms with Crippen LogP contribution in [0.5, 0.6) is 0 Å². The Labute approximate surface area is 155 Å². The minimum atomic E-state index is 0.275. The molecule has 0 radical (unpaired) electrons. The van der Waals surface area contributed by atoms with E-state index in [1.54, 1.807) is 17.0 Å². The lowest BCUT2D eigenvalue weighted by Crippen LogP contribution is -1.92. The third-order valence-electron chi connectivity index (χ3n) is 3.93. The van der Waals surface area contributed by atoms with E-state index in [9.17, 15) is 0 Å². The Bertz CT molecular complexity index is 1070. The number of benzene rings is 2. The maximum absolute atomic E-state index is 6.36. The smallest absolute Gasteiger partial charge is 0.269 e. The molecule has 0 saturated carbocycles. The molecule has 0 fully saturated rings. The van der Waals surface area contributed by atoms with E-state index in [4.69, 9.17) is 16.1 Å². The van der Waals surface area contributed by atoms with Crippen LogP contribution in [-0.4, -0.2) is 19.9 Å². The van der Waals surface area contributed by atoms with Gasteiger partial charge in [0.2, 0.25) is 5.82 Å². The lowest BCUT2D eigenvalue weighted by atomic mass is 10.1. The largest absolute Gasteiger partial charge is 0.333 e. The summed E-state index contributed by atoms with van der Waals surface area (Å²) in [6.45, 7) is 2.00. The van der Waals surface area contributed by atoms with Crippen LogP contribution in [-0.2, 0) is 0 Å². The van der Waals surface area contributed by atoms with Gasteiger partial charge in [0, 0.05) is 17.3 Å². The van der Waals surface area contributed by atoms with E-state index in [0.717, 1.165) is 22.4 Å². The van der Waals surface area contributed by atoms with E-state index >= 15 is 0 Å². The molecular formula is C20H15ClN4O. The summed E-state index contributed by atoms with van der Waals surface area (Å²) in [5.41, 5.74) is 3.81. The molecule has 4 aromatic rings. The van der Waals surface area contributed by atoms with Crippen LogP contribution in [0.4, 0.5) is 0 Å². The van der Waals surface area contributed by atoms with Crippen LogP contribution >= 0.6 is 11.6 Å². The van der Waals surface area contributed by atoms with Crippen LogP contribution < -0.4 is 0 Å². The van der Waals surface area contributed by atoms with Crippen LogP contribution in [0, 0.1) is 6.92 Å². The standard InChI is InChI=1S/C20H15ClN4O/c1-14-7-5-6-10-17(14)19-23-20(26-24-19)18(21)11-15-12-22-25(13-15)16-8-3-2-4-9-16/h2-13H,1H3/b18-11-. The van der Waals surface area contributed by atoms with Crippen LogP contribution in [0.1, 0.15) is 17.0 Å². The van der Waals surface area contributed by atoms with Gasteiger partial charge in [-0.2, -0.15) is 10.1 Å². The molecule has 0 aliphatic carbocycles. The minimum absolute atomic E-state index is 0.275. The van der Waals surface area contributed by atoms with E-state index in [0.29, 0.717) is 10.9 Å². The number of aromatic nitrogens is 4. The highest BCUT2D eigenvalue weighted by Gasteiger charge is 2.13. The first-order valence-electron chi connectivity index (χ1n) is 8.08. The second-order valence-corrected chi connectivity index (χ2v) is 6.19. The lowest BCUT2D eigenvalue weighted by molar-refractivity contribution is 0.410. The van der Waals surface area contributed by atoms with E-state index in [1.165, 1.54) is 0 Å². The van der Waals surface area contributed by atoms with Crippen molar-refractivity contribution in [1.82, 2.24) is 19.9 Å². The molecule has 0 spiro atoms. The Hall–Kier alpha value is -3.18. The van der Waals surface area contributed by atoms with Crippen molar-refractivity contribution in [3.05, 3.63) is 84.0 Å². The zero-order chi connectivity index (χ0) is 17.9. The molecule has 0 aliphatic rings. The average molecular weight is 363 g/mol. The number of hydrogen-bond donors (Lipinski definition) is 0. The number of nitrogens with zero attached hydrogens (tertiary/aromatic N) is 4. The maximum atomic E-state index is 6.36. The topological polar surface area (TPSA) is 56.7 Å². The fraction of sp³-hybridized carbons (Fsp3) is 0.0500. The number of halogens is 1. The number of rotatable bonds is 4. The van der Waals surface area contributed by atoms with Gasteiger partial charge in [-0.25, -0.2) is 4.68 Å². The molecule has 0 N–H and O–H groups in total. The van der Waals surface area contributed by atoms with E-state index in [2.05, 4.69) is 15.2 Å². The van der Waals surface area contributed by atoms with Gasteiger partial charge in [0.05, 0.1) is 11.9 Å². The normalized spacial score (nSPS) is 11.7. The summed E-state index contributed by atoms with van der Waals surface area (Å²) in [5.74, 6) is 0.794. The predicted octanol–water partition coefficient (Wildman–Crippen LogP) is 4.97. The summed E-state index contributed by atoms with van der Waals surface area (Å²) in [6, 6.07) is 17.7. The fourth-order valence-electron chi connectivity index (χ4n) is 2.59. The minimum Gasteiger partial charge on any atom is -0.333 e. The van der Waals surface area contributed by atoms with Crippen LogP contribution in [0.2, 0.25) is 0 Å². The van der Waals surface area contributed by atoms with Crippen molar-refractivity contribution in [2.75, 3.05) is 0 Å². The SMILES string of the molecule is Cc1ccccc1-c1noc(/C(Cl)=C/c2cnn(-c3ccccc3)c2)n1. The summed E-state index contributed by atoms with van der Waals surface area (Å²) in [4.78, 5) is 4.40. The molecule has 26 heavy (non-hydrogen) atoms. The van der Waals surface area contributed by atoms with Gasteiger partial charge >= 0.3 is 0 Å². The number of para-hydroxylation sites is 1. The zero-order valence-corrected chi connectivity index (χ0v) is 14.8. The molecular weight excluding hydrogens is 348 g/mol. The van der Waals surface area contributed by atoms with Gasteiger partial charge in [-0.15, -0.1) is 0 Å². The molecule has 2 aromatic carbocycles. The third kappa shape index (κ3) is 3.30. The van der Waals surface area contributed by atoms with Crippen LogP contribution in [0.25, 0.3) is 28.2 Å². The monoisotopic (exact) mass is 362 g/mol. The zero-order valence-electron chi connectivity index (χ0n) is 14.0. The quantitative estimate of drug-likeness (QED) is 0.514. The number of aryl methyl sites for hydroxylation is 1. The van der Waals surface area contributed by atoms with Gasteiger partial charge in [-0.1, -0.05) is 59.2 Å². The van der Waals surface area contributed by atoms with Gasteiger partial charge in [0.15, 0.2) is 0 Å². The molecule has 0 saturated heterocycles. The van der Waals surface area contributed by atoms with E-state index < -0.39 is 0 Å². The van der Waals surface area contributed by atoms with Gasteiger partial charge in [0.25, 0.3) is 5.89 Å². The predicted molar refractivity (Wildman–Crippen MR) is 102 cm³/mol. The first-order chi connectivity index (χ1) is 12.7. The Morgan fingerprint density at radius 3 is 2.65 bits per heavy atom. The Morgan fingerprint density at radius 2 is 1.85 bits per heavy atom. The molecule has 0 unspecified atom stereocenters. The number of hydrogen-bond acceptors (Lipinski definition) is 4. The van der Waals surface area contributed by atoms with Gasteiger partial charge in [-0.3, -0.25) is 0 Å². The molecule has 2 heterocycles. The second kappa shape index (κ2) is 6.98. The van der Waals surface area contributed by atoms with Crippen molar-refractivity contribution in [1.29, 1.82) is 0 Å². The second-order valence-electron chi connectivity index (χ2n) is 5.78. The Kier molecular flexibility index (Phi) is 4.37. The molecule has 6 heteroatoms. The maximum Gasteiger partial charge on any atom is 0.269 e.